The standard InChI is InChI=1S/C30H32BrCl2N3O4S/c1-20-10-13-26(14-11-20)41(39,40)36(28-17-24(32)12-15-27(28)33)19-29(37)35(18-22-6-5-7-23(31)16-22)21(2)30(38)34-25-8-3-4-9-25/h5-7,10-17,21,25H,3-4,8-9,18-19H2,1-2H3,(H,34,38)/t21-/m0/s1. The van der Waals surface area contributed by atoms with Crippen LogP contribution in [-0.4, -0.2) is 43.8 Å². The summed E-state index contributed by atoms with van der Waals surface area (Å²) in [7, 11) is -4.25. The Hall–Kier alpha value is -2.59. The normalized spacial score (nSPS) is 14.5. The van der Waals surface area contributed by atoms with Crippen molar-refractivity contribution in [3.8, 4) is 0 Å². The van der Waals surface area contributed by atoms with Crippen molar-refractivity contribution in [1.29, 1.82) is 0 Å². The average molecular weight is 681 g/mol. The number of hydrogen-bond acceptors (Lipinski definition) is 4. The summed E-state index contributed by atoms with van der Waals surface area (Å²) in [5, 5.41) is 3.44. The molecule has 0 spiro atoms. The predicted molar refractivity (Wildman–Crippen MR) is 167 cm³/mol. The number of halogens is 3. The van der Waals surface area contributed by atoms with Crippen molar-refractivity contribution >= 4 is 66.7 Å². The molecule has 0 bridgehead atoms. The molecule has 1 aliphatic rings. The number of aryl methyl sites for hydroxylation is 1. The molecule has 0 saturated heterocycles. The second-order valence-corrected chi connectivity index (χ2v) is 13.9. The SMILES string of the molecule is Cc1ccc(S(=O)(=O)N(CC(=O)N(Cc2cccc(Br)c2)[C@@H](C)C(=O)NC2CCCC2)c2cc(Cl)ccc2Cl)cc1. The van der Waals surface area contributed by atoms with E-state index in [1.54, 1.807) is 25.1 Å². The van der Waals surface area contributed by atoms with Crippen molar-refractivity contribution < 1.29 is 18.0 Å². The molecule has 7 nitrogen and oxygen atoms in total. The lowest BCUT2D eigenvalue weighted by Crippen LogP contribution is -2.52. The number of hydrogen-bond donors (Lipinski definition) is 1. The third-order valence-corrected chi connectivity index (χ3v) is 10.00. The van der Waals surface area contributed by atoms with E-state index in [1.165, 1.54) is 29.2 Å². The van der Waals surface area contributed by atoms with Gasteiger partial charge in [-0.1, -0.05) is 81.8 Å². The molecule has 0 radical (unpaired) electrons. The summed E-state index contributed by atoms with van der Waals surface area (Å²) in [5.74, 6) is -0.847. The van der Waals surface area contributed by atoms with E-state index >= 15 is 0 Å². The van der Waals surface area contributed by atoms with Crippen LogP contribution >= 0.6 is 39.1 Å². The molecule has 11 heteroatoms. The van der Waals surface area contributed by atoms with E-state index in [0.717, 1.165) is 45.6 Å². The average Bonchev–Trinajstić information content (AvgIpc) is 3.44. The molecule has 1 atom stereocenters. The Morgan fingerprint density at radius 3 is 2.37 bits per heavy atom. The Bertz CT molecular complexity index is 1510. The third-order valence-electron chi connectivity index (χ3n) is 7.18. The lowest BCUT2D eigenvalue weighted by atomic mass is 10.1. The highest BCUT2D eigenvalue weighted by Gasteiger charge is 2.34. The Morgan fingerprint density at radius 2 is 1.71 bits per heavy atom. The first-order valence-electron chi connectivity index (χ1n) is 13.3. The van der Waals surface area contributed by atoms with Crippen LogP contribution in [0.25, 0.3) is 0 Å². The number of benzene rings is 3. The zero-order valence-corrected chi connectivity index (χ0v) is 26.7. The third kappa shape index (κ3) is 7.83. The minimum atomic E-state index is -4.25. The topological polar surface area (TPSA) is 86.8 Å². The number of amides is 2. The van der Waals surface area contributed by atoms with Crippen LogP contribution < -0.4 is 9.62 Å². The predicted octanol–water partition coefficient (Wildman–Crippen LogP) is 6.74. The fraction of sp³-hybridized carbons (Fsp3) is 0.333. The summed E-state index contributed by atoms with van der Waals surface area (Å²) in [6, 6.07) is 17.4. The summed E-state index contributed by atoms with van der Waals surface area (Å²) in [5.41, 5.74) is 1.73. The van der Waals surface area contributed by atoms with Crippen LogP contribution in [0.1, 0.15) is 43.7 Å². The summed E-state index contributed by atoms with van der Waals surface area (Å²) in [6.45, 7) is 3.01. The monoisotopic (exact) mass is 679 g/mol. The Morgan fingerprint density at radius 1 is 1.02 bits per heavy atom. The van der Waals surface area contributed by atoms with Crippen LogP contribution in [0.15, 0.2) is 76.1 Å². The summed E-state index contributed by atoms with van der Waals surface area (Å²) in [4.78, 5) is 28.8. The van der Waals surface area contributed by atoms with Gasteiger partial charge in [0, 0.05) is 22.1 Å². The number of anilines is 1. The van der Waals surface area contributed by atoms with Crippen molar-refractivity contribution in [3.63, 3.8) is 0 Å². The van der Waals surface area contributed by atoms with Gasteiger partial charge >= 0.3 is 0 Å². The lowest BCUT2D eigenvalue weighted by molar-refractivity contribution is -0.139. The zero-order valence-electron chi connectivity index (χ0n) is 22.8. The first kappa shape index (κ1) is 31.3. The molecule has 41 heavy (non-hydrogen) atoms. The fourth-order valence-electron chi connectivity index (χ4n) is 4.83. The second kappa shape index (κ2) is 13.6. The van der Waals surface area contributed by atoms with E-state index in [0.29, 0.717) is 0 Å². The van der Waals surface area contributed by atoms with E-state index in [9.17, 15) is 18.0 Å². The van der Waals surface area contributed by atoms with Gasteiger partial charge in [0.15, 0.2) is 0 Å². The largest absolute Gasteiger partial charge is 0.352 e. The molecule has 3 aromatic carbocycles. The molecule has 0 aliphatic heterocycles. The van der Waals surface area contributed by atoms with Crippen molar-refractivity contribution in [2.45, 2.75) is 63.1 Å². The summed E-state index contributed by atoms with van der Waals surface area (Å²) >= 11 is 16.2. The van der Waals surface area contributed by atoms with Gasteiger partial charge in [-0.25, -0.2) is 8.42 Å². The number of rotatable bonds is 10. The molecule has 1 N–H and O–H groups in total. The maximum absolute atomic E-state index is 14.1. The Labute approximate surface area is 260 Å². The molecule has 218 valence electrons. The van der Waals surface area contributed by atoms with E-state index in [-0.39, 0.29) is 39.1 Å². The van der Waals surface area contributed by atoms with Crippen LogP contribution in [0.2, 0.25) is 10.0 Å². The number of carbonyl (C=O) groups is 2. The Balaban J connectivity index is 1.72. The molecule has 1 saturated carbocycles. The van der Waals surface area contributed by atoms with Gasteiger partial charge in [0.05, 0.1) is 15.6 Å². The van der Waals surface area contributed by atoms with E-state index in [4.69, 9.17) is 23.2 Å². The van der Waals surface area contributed by atoms with Crippen molar-refractivity contribution in [2.24, 2.45) is 0 Å². The summed E-state index contributed by atoms with van der Waals surface area (Å²) in [6.07, 6.45) is 3.89. The van der Waals surface area contributed by atoms with Gasteiger partial charge in [-0.05, 0) is 74.7 Å². The number of nitrogens with zero attached hydrogens (tertiary/aromatic N) is 2. The van der Waals surface area contributed by atoms with Crippen LogP contribution in [-0.2, 0) is 26.2 Å². The quantitative estimate of drug-likeness (QED) is 0.257. The second-order valence-electron chi connectivity index (χ2n) is 10.2. The van der Waals surface area contributed by atoms with Gasteiger partial charge < -0.3 is 10.2 Å². The highest BCUT2D eigenvalue weighted by atomic mass is 79.9. The molecule has 4 rings (SSSR count). The van der Waals surface area contributed by atoms with Gasteiger partial charge in [-0.2, -0.15) is 0 Å². The fourth-order valence-corrected chi connectivity index (χ4v) is 7.14. The Kier molecular flexibility index (Phi) is 10.4. The molecule has 0 unspecified atom stereocenters. The van der Waals surface area contributed by atoms with E-state index in [1.807, 2.05) is 31.2 Å². The van der Waals surface area contributed by atoms with Gasteiger partial charge in [0.2, 0.25) is 11.8 Å². The van der Waals surface area contributed by atoms with Gasteiger partial charge in [-0.3, -0.25) is 13.9 Å². The summed E-state index contributed by atoms with van der Waals surface area (Å²) < 4.78 is 29.7. The lowest BCUT2D eigenvalue weighted by Gasteiger charge is -2.32. The van der Waals surface area contributed by atoms with Crippen molar-refractivity contribution in [1.82, 2.24) is 10.2 Å². The van der Waals surface area contributed by atoms with Crippen LogP contribution in [0.5, 0.6) is 0 Å². The first-order valence-corrected chi connectivity index (χ1v) is 16.3. The maximum Gasteiger partial charge on any atom is 0.264 e. The maximum atomic E-state index is 14.1. The van der Waals surface area contributed by atoms with Crippen LogP contribution in [0, 0.1) is 6.92 Å². The number of nitrogens with one attached hydrogen (secondary N) is 1. The molecular weight excluding hydrogens is 649 g/mol. The first-order chi connectivity index (χ1) is 19.5. The molecule has 0 aromatic heterocycles. The van der Waals surface area contributed by atoms with Gasteiger partial charge in [-0.15, -0.1) is 0 Å². The molecule has 2 amide bonds. The molecule has 3 aromatic rings. The van der Waals surface area contributed by atoms with Crippen molar-refractivity contribution in [3.05, 3.63) is 92.4 Å². The van der Waals surface area contributed by atoms with E-state index < -0.39 is 28.5 Å². The molecular formula is C30H32BrCl2N3O4S. The van der Waals surface area contributed by atoms with Gasteiger partial charge in [0.25, 0.3) is 10.0 Å². The molecule has 1 aliphatic carbocycles. The number of sulfonamides is 1. The van der Waals surface area contributed by atoms with Crippen LogP contribution in [0.4, 0.5) is 5.69 Å². The van der Waals surface area contributed by atoms with Crippen molar-refractivity contribution in [2.75, 3.05) is 10.8 Å². The smallest absolute Gasteiger partial charge is 0.264 e. The zero-order chi connectivity index (χ0) is 29.7. The number of carbonyl (C=O) groups excluding carboxylic acids is 2. The van der Waals surface area contributed by atoms with Crippen LogP contribution in [0.3, 0.4) is 0 Å². The van der Waals surface area contributed by atoms with E-state index in [2.05, 4.69) is 21.2 Å². The minimum Gasteiger partial charge on any atom is -0.352 e. The molecule has 0 heterocycles. The van der Waals surface area contributed by atoms with Gasteiger partial charge in [0.1, 0.15) is 12.6 Å². The minimum absolute atomic E-state index is 0.00231. The highest BCUT2D eigenvalue weighted by Crippen LogP contribution is 2.33. The highest BCUT2D eigenvalue weighted by molar-refractivity contribution is 9.10. The molecule has 1 fully saturated rings.